The normalized spacial score (nSPS) is 10.5. The third-order valence-electron chi connectivity index (χ3n) is 1.86. The van der Waals surface area contributed by atoms with Gasteiger partial charge >= 0.3 is 5.97 Å². The number of ether oxygens (including phenoxy) is 1. The zero-order valence-corrected chi connectivity index (χ0v) is 7.71. The smallest absolute Gasteiger partial charge is 0.354 e. The first-order valence-corrected chi connectivity index (χ1v) is 3.99. The van der Waals surface area contributed by atoms with Crippen molar-refractivity contribution in [3.05, 3.63) is 18.0 Å². The topological polar surface area (TPSA) is 97.5 Å². The van der Waals surface area contributed by atoms with E-state index in [-0.39, 0.29) is 11.6 Å². The summed E-state index contributed by atoms with van der Waals surface area (Å²) in [5, 5.41) is 21.5. The molecule has 7 nitrogen and oxygen atoms in total. The predicted molar refractivity (Wildman–Crippen MR) is 47.3 cm³/mol. The molecular formula is C8H7N3O4. The van der Waals surface area contributed by atoms with Gasteiger partial charge in [0.2, 0.25) is 0 Å². The Bertz CT molecular complexity index is 493. The average molecular weight is 209 g/mol. The molecule has 7 heteroatoms. The Labute approximate surface area is 83.8 Å². The minimum atomic E-state index is -1.14. The van der Waals surface area contributed by atoms with Gasteiger partial charge in [-0.3, -0.25) is 0 Å². The van der Waals surface area contributed by atoms with Crippen LogP contribution in [-0.2, 0) is 0 Å². The van der Waals surface area contributed by atoms with Gasteiger partial charge in [-0.25, -0.2) is 9.78 Å². The van der Waals surface area contributed by atoms with Crippen LogP contribution in [0.2, 0.25) is 0 Å². The van der Waals surface area contributed by atoms with E-state index in [1.807, 2.05) is 0 Å². The van der Waals surface area contributed by atoms with E-state index in [1.54, 1.807) is 0 Å². The van der Waals surface area contributed by atoms with Crippen LogP contribution < -0.4 is 4.74 Å². The second-order valence-electron chi connectivity index (χ2n) is 2.81. The van der Waals surface area contributed by atoms with Crippen molar-refractivity contribution in [3.8, 4) is 17.1 Å². The molecule has 2 aliphatic rings. The third-order valence-corrected chi connectivity index (χ3v) is 1.86. The summed E-state index contributed by atoms with van der Waals surface area (Å²) in [6.07, 6.45) is 1.25. The molecular weight excluding hydrogens is 202 g/mol. The predicted octanol–water partition coefficient (Wildman–Crippen LogP) is 0.327. The zero-order valence-electron chi connectivity index (χ0n) is 7.71. The SMILES string of the molecule is COc1nn(O)cc2cc(C(=O)O)nc1-2. The molecule has 0 unspecified atom stereocenters. The number of methoxy groups -OCH3 is 1. The molecule has 2 heterocycles. The van der Waals surface area contributed by atoms with E-state index in [0.29, 0.717) is 16.1 Å². The molecule has 0 bridgehead atoms. The number of carboxylic acid groups (broad SMARTS) is 1. The fraction of sp³-hybridized carbons (Fsp3) is 0.125. The molecule has 0 aliphatic carbocycles. The van der Waals surface area contributed by atoms with E-state index < -0.39 is 5.97 Å². The van der Waals surface area contributed by atoms with Gasteiger partial charge in [0, 0.05) is 5.56 Å². The molecule has 0 saturated heterocycles. The van der Waals surface area contributed by atoms with Crippen LogP contribution in [0.25, 0.3) is 11.3 Å². The maximum atomic E-state index is 10.7. The summed E-state index contributed by atoms with van der Waals surface area (Å²) in [5.41, 5.74) is 0.637. The van der Waals surface area contributed by atoms with E-state index in [9.17, 15) is 4.79 Å². The second-order valence-corrected chi connectivity index (χ2v) is 2.81. The number of carbonyl (C=O) groups is 1. The summed E-state index contributed by atoms with van der Waals surface area (Å²) in [5.74, 6) is -1.07. The number of nitrogens with zero attached hydrogens (tertiary/aromatic N) is 3. The maximum absolute atomic E-state index is 10.7. The van der Waals surface area contributed by atoms with Gasteiger partial charge in [-0.2, -0.15) is 0 Å². The van der Waals surface area contributed by atoms with E-state index in [0.717, 1.165) is 0 Å². The van der Waals surface area contributed by atoms with Gasteiger partial charge in [0.05, 0.1) is 13.3 Å². The lowest BCUT2D eigenvalue weighted by atomic mass is 10.2. The van der Waals surface area contributed by atoms with Gasteiger partial charge in [-0.15, -0.1) is 4.85 Å². The van der Waals surface area contributed by atoms with E-state index in [4.69, 9.17) is 15.1 Å². The Morgan fingerprint density at radius 2 is 2.33 bits per heavy atom. The van der Waals surface area contributed by atoms with Crippen LogP contribution in [0.3, 0.4) is 0 Å². The number of hydrogen-bond donors (Lipinski definition) is 2. The minimum Gasteiger partial charge on any atom is -0.478 e. The largest absolute Gasteiger partial charge is 0.478 e. The Morgan fingerprint density at radius 3 is 2.93 bits per heavy atom. The van der Waals surface area contributed by atoms with Crippen molar-refractivity contribution in [1.29, 1.82) is 0 Å². The van der Waals surface area contributed by atoms with Gasteiger partial charge in [0.1, 0.15) is 11.4 Å². The molecule has 0 spiro atoms. The zero-order chi connectivity index (χ0) is 11.0. The highest BCUT2D eigenvalue weighted by Gasteiger charge is 2.19. The lowest BCUT2D eigenvalue weighted by Gasteiger charge is -2.04. The van der Waals surface area contributed by atoms with Crippen molar-refractivity contribution in [2.45, 2.75) is 0 Å². The van der Waals surface area contributed by atoms with Crippen LogP contribution in [0.5, 0.6) is 5.88 Å². The molecule has 0 amide bonds. The molecule has 2 N–H and O–H groups in total. The van der Waals surface area contributed by atoms with Crippen LogP contribution in [0.15, 0.2) is 12.3 Å². The van der Waals surface area contributed by atoms with Crippen molar-refractivity contribution in [2.75, 3.05) is 7.11 Å². The highest BCUT2D eigenvalue weighted by atomic mass is 16.5. The van der Waals surface area contributed by atoms with Crippen molar-refractivity contribution < 1.29 is 19.8 Å². The van der Waals surface area contributed by atoms with Crippen LogP contribution in [0.1, 0.15) is 10.5 Å². The Kier molecular flexibility index (Phi) is 1.93. The highest BCUT2D eigenvalue weighted by Crippen LogP contribution is 2.28. The Hall–Kier alpha value is -2.31. The molecule has 0 aromatic carbocycles. The number of hydrogen-bond acceptors (Lipinski definition) is 5. The maximum Gasteiger partial charge on any atom is 0.354 e. The van der Waals surface area contributed by atoms with Gasteiger partial charge < -0.3 is 15.1 Å². The van der Waals surface area contributed by atoms with Crippen LogP contribution >= 0.6 is 0 Å². The number of rotatable bonds is 2. The fourth-order valence-corrected chi connectivity index (χ4v) is 1.24. The Balaban J connectivity index is 2.68. The first-order valence-electron chi connectivity index (χ1n) is 3.99. The molecule has 0 aromatic heterocycles. The molecule has 0 atom stereocenters. The quantitative estimate of drug-likeness (QED) is 0.691. The standard InChI is InChI=1S/C8H7N3O4/c1-15-7-6-4(3-11(14)10-7)2-5(9-6)8(12)13/h2-3,14H,1H3,(H,12,13). The molecule has 2 aliphatic heterocycles. The lowest BCUT2D eigenvalue weighted by molar-refractivity contribution is 0.0691. The van der Waals surface area contributed by atoms with Crippen molar-refractivity contribution in [2.24, 2.45) is 0 Å². The summed E-state index contributed by atoms with van der Waals surface area (Å²) in [6, 6.07) is 1.33. The molecule has 0 radical (unpaired) electrons. The van der Waals surface area contributed by atoms with Crippen LogP contribution in [0, 0.1) is 0 Å². The number of aromatic nitrogens is 3. The second kappa shape index (κ2) is 3.12. The van der Waals surface area contributed by atoms with E-state index in [2.05, 4.69) is 10.1 Å². The van der Waals surface area contributed by atoms with Crippen molar-refractivity contribution >= 4 is 5.97 Å². The van der Waals surface area contributed by atoms with Gasteiger partial charge in [0.15, 0.2) is 0 Å². The summed E-state index contributed by atoms with van der Waals surface area (Å²) in [6.45, 7) is 0. The average Bonchev–Trinajstić information content (AvgIpc) is 2.59. The summed E-state index contributed by atoms with van der Waals surface area (Å²) in [4.78, 5) is 15.0. The monoisotopic (exact) mass is 209 g/mol. The van der Waals surface area contributed by atoms with Crippen molar-refractivity contribution in [3.63, 3.8) is 0 Å². The molecule has 78 valence electrons. The minimum absolute atomic E-state index is 0.0718. The third kappa shape index (κ3) is 1.43. The first-order chi connectivity index (χ1) is 7.11. The van der Waals surface area contributed by atoms with Crippen LogP contribution in [0.4, 0.5) is 0 Å². The van der Waals surface area contributed by atoms with E-state index in [1.165, 1.54) is 19.4 Å². The molecule has 15 heavy (non-hydrogen) atoms. The summed E-state index contributed by atoms with van der Waals surface area (Å²) < 4.78 is 4.85. The van der Waals surface area contributed by atoms with E-state index >= 15 is 0 Å². The molecule has 0 saturated carbocycles. The highest BCUT2D eigenvalue weighted by molar-refractivity contribution is 5.89. The first kappa shape index (κ1) is 9.25. The van der Waals surface area contributed by atoms with Crippen LogP contribution in [-0.4, -0.2) is 38.3 Å². The van der Waals surface area contributed by atoms with Gasteiger partial charge in [-0.05, 0) is 6.07 Å². The molecule has 2 rings (SSSR count). The molecule has 0 fully saturated rings. The molecule has 0 aromatic rings. The van der Waals surface area contributed by atoms with Gasteiger partial charge in [-0.1, -0.05) is 5.10 Å². The fourth-order valence-electron chi connectivity index (χ4n) is 1.24. The number of carboxylic acids is 1. The van der Waals surface area contributed by atoms with Gasteiger partial charge in [0.25, 0.3) is 5.88 Å². The number of aromatic carboxylic acids is 1. The lowest BCUT2D eigenvalue weighted by Crippen LogP contribution is -2.03. The summed E-state index contributed by atoms with van der Waals surface area (Å²) >= 11 is 0. The number of fused-ring (bicyclic) bond motifs is 1. The van der Waals surface area contributed by atoms with Crippen molar-refractivity contribution in [1.82, 2.24) is 14.9 Å². The summed E-state index contributed by atoms with van der Waals surface area (Å²) in [7, 11) is 1.36. The Morgan fingerprint density at radius 1 is 1.60 bits per heavy atom.